The number of alkyl halides is 1. The quantitative estimate of drug-likeness (QED) is 0.773. The van der Waals surface area contributed by atoms with Gasteiger partial charge in [0.15, 0.2) is 11.5 Å². The second kappa shape index (κ2) is 5.85. The first-order valence-corrected chi connectivity index (χ1v) is 5.78. The molecule has 1 aromatic carbocycles. The van der Waals surface area contributed by atoms with Crippen molar-refractivity contribution in [3.8, 4) is 17.2 Å². The van der Waals surface area contributed by atoms with Crippen LogP contribution in [0.2, 0.25) is 0 Å². The van der Waals surface area contributed by atoms with Crippen LogP contribution in [0.4, 0.5) is 0 Å². The van der Waals surface area contributed by atoms with E-state index in [-0.39, 0.29) is 6.10 Å². The number of para-hydroxylation sites is 1. The Bertz CT molecular complexity index is 315. The lowest BCUT2D eigenvalue weighted by molar-refractivity contribution is 0.231. The van der Waals surface area contributed by atoms with Gasteiger partial charge in [0.1, 0.15) is 6.10 Å². The maximum Gasteiger partial charge on any atom is 0.203 e. The van der Waals surface area contributed by atoms with Gasteiger partial charge < -0.3 is 14.2 Å². The summed E-state index contributed by atoms with van der Waals surface area (Å²) in [4.78, 5) is 0. The molecule has 4 heteroatoms. The number of benzene rings is 1. The van der Waals surface area contributed by atoms with Gasteiger partial charge in [-0.1, -0.05) is 22.0 Å². The van der Waals surface area contributed by atoms with Crippen LogP contribution >= 0.6 is 15.9 Å². The average molecular weight is 275 g/mol. The average Bonchev–Trinajstić information content (AvgIpc) is 2.28. The standard InChI is InChI=1S/C11H15BrO3/c1-8(7-12)15-10-6-4-5-9(13-2)11(10)14-3/h4-6,8H,7H2,1-3H3. The maximum atomic E-state index is 5.68. The molecule has 1 rings (SSSR count). The van der Waals surface area contributed by atoms with E-state index in [0.29, 0.717) is 17.2 Å². The molecular weight excluding hydrogens is 260 g/mol. The molecule has 0 heterocycles. The third-order valence-electron chi connectivity index (χ3n) is 1.91. The van der Waals surface area contributed by atoms with Crippen molar-refractivity contribution in [2.75, 3.05) is 19.5 Å². The van der Waals surface area contributed by atoms with E-state index in [1.165, 1.54) is 0 Å². The molecule has 0 fully saturated rings. The Labute approximate surface area is 98.5 Å². The largest absolute Gasteiger partial charge is 0.493 e. The van der Waals surface area contributed by atoms with Gasteiger partial charge in [0.25, 0.3) is 0 Å². The van der Waals surface area contributed by atoms with Crippen LogP contribution < -0.4 is 14.2 Å². The molecule has 0 saturated carbocycles. The highest BCUT2D eigenvalue weighted by atomic mass is 79.9. The highest BCUT2D eigenvalue weighted by Crippen LogP contribution is 2.37. The van der Waals surface area contributed by atoms with Crippen LogP contribution in [0.25, 0.3) is 0 Å². The molecule has 0 spiro atoms. The van der Waals surface area contributed by atoms with E-state index in [2.05, 4.69) is 15.9 Å². The Morgan fingerprint density at radius 1 is 1.20 bits per heavy atom. The molecule has 0 aliphatic heterocycles. The van der Waals surface area contributed by atoms with E-state index in [1.807, 2.05) is 25.1 Å². The topological polar surface area (TPSA) is 27.7 Å². The van der Waals surface area contributed by atoms with Crippen molar-refractivity contribution in [3.05, 3.63) is 18.2 Å². The van der Waals surface area contributed by atoms with E-state index in [1.54, 1.807) is 14.2 Å². The van der Waals surface area contributed by atoms with Crippen LogP contribution in [-0.2, 0) is 0 Å². The first-order valence-electron chi connectivity index (χ1n) is 4.66. The third kappa shape index (κ3) is 3.02. The van der Waals surface area contributed by atoms with Gasteiger partial charge in [-0.2, -0.15) is 0 Å². The van der Waals surface area contributed by atoms with Gasteiger partial charge in [0, 0.05) is 5.33 Å². The van der Waals surface area contributed by atoms with Crippen molar-refractivity contribution in [3.63, 3.8) is 0 Å². The van der Waals surface area contributed by atoms with Gasteiger partial charge in [-0.25, -0.2) is 0 Å². The van der Waals surface area contributed by atoms with Crippen LogP contribution in [-0.4, -0.2) is 25.7 Å². The number of hydrogen-bond acceptors (Lipinski definition) is 3. The molecule has 84 valence electrons. The fraction of sp³-hybridized carbons (Fsp3) is 0.455. The molecule has 1 atom stereocenters. The lowest BCUT2D eigenvalue weighted by atomic mass is 10.3. The maximum absolute atomic E-state index is 5.68. The van der Waals surface area contributed by atoms with Crippen molar-refractivity contribution >= 4 is 15.9 Å². The Morgan fingerprint density at radius 3 is 2.40 bits per heavy atom. The Kier molecular flexibility index (Phi) is 4.75. The summed E-state index contributed by atoms with van der Waals surface area (Å²) < 4.78 is 16.1. The highest BCUT2D eigenvalue weighted by Gasteiger charge is 2.12. The minimum atomic E-state index is 0.0889. The molecular formula is C11H15BrO3. The number of halogens is 1. The third-order valence-corrected chi connectivity index (χ3v) is 2.82. The van der Waals surface area contributed by atoms with Crippen molar-refractivity contribution in [2.24, 2.45) is 0 Å². The number of methoxy groups -OCH3 is 2. The van der Waals surface area contributed by atoms with Crippen molar-refractivity contribution < 1.29 is 14.2 Å². The summed E-state index contributed by atoms with van der Waals surface area (Å²) in [6, 6.07) is 5.57. The monoisotopic (exact) mass is 274 g/mol. The Balaban J connectivity index is 2.95. The molecule has 0 N–H and O–H groups in total. The molecule has 0 aliphatic rings. The van der Waals surface area contributed by atoms with E-state index >= 15 is 0 Å². The van der Waals surface area contributed by atoms with Gasteiger partial charge in [0.2, 0.25) is 5.75 Å². The van der Waals surface area contributed by atoms with Crippen molar-refractivity contribution in [1.29, 1.82) is 0 Å². The van der Waals surface area contributed by atoms with E-state index in [4.69, 9.17) is 14.2 Å². The molecule has 15 heavy (non-hydrogen) atoms. The number of ether oxygens (including phenoxy) is 3. The molecule has 1 aromatic rings. The lowest BCUT2D eigenvalue weighted by Crippen LogP contribution is -2.13. The van der Waals surface area contributed by atoms with Crippen LogP contribution in [0.1, 0.15) is 6.92 Å². The number of rotatable bonds is 5. The first kappa shape index (κ1) is 12.2. The zero-order valence-electron chi connectivity index (χ0n) is 9.12. The zero-order valence-corrected chi connectivity index (χ0v) is 10.7. The van der Waals surface area contributed by atoms with Crippen molar-refractivity contribution in [1.82, 2.24) is 0 Å². The molecule has 0 amide bonds. The molecule has 3 nitrogen and oxygen atoms in total. The SMILES string of the molecule is COc1cccc(OC(C)CBr)c1OC. The second-order valence-electron chi connectivity index (χ2n) is 3.07. The van der Waals surface area contributed by atoms with Crippen LogP contribution in [0.5, 0.6) is 17.2 Å². The molecule has 0 bridgehead atoms. The Morgan fingerprint density at radius 2 is 1.87 bits per heavy atom. The highest BCUT2D eigenvalue weighted by molar-refractivity contribution is 9.09. The summed E-state index contributed by atoms with van der Waals surface area (Å²) in [6.07, 6.45) is 0.0889. The minimum Gasteiger partial charge on any atom is -0.493 e. The predicted octanol–water partition coefficient (Wildman–Crippen LogP) is 2.87. The van der Waals surface area contributed by atoms with E-state index < -0.39 is 0 Å². The summed E-state index contributed by atoms with van der Waals surface area (Å²) in [5.74, 6) is 2.01. The smallest absolute Gasteiger partial charge is 0.203 e. The summed E-state index contributed by atoms with van der Waals surface area (Å²) in [6.45, 7) is 1.98. The van der Waals surface area contributed by atoms with Gasteiger partial charge in [-0.15, -0.1) is 0 Å². The summed E-state index contributed by atoms with van der Waals surface area (Å²) in [7, 11) is 3.21. The molecule has 0 aliphatic carbocycles. The second-order valence-corrected chi connectivity index (χ2v) is 3.72. The van der Waals surface area contributed by atoms with Crippen LogP contribution in [0, 0.1) is 0 Å². The fourth-order valence-electron chi connectivity index (χ4n) is 1.20. The Hall–Kier alpha value is -0.900. The number of hydrogen-bond donors (Lipinski definition) is 0. The molecule has 0 saturated heterocycles. The minimum absolute atomic E-state index is 0.0889. The van der Waals surface area contributed by atoms with Crippen molar-refractivity contribution in [2.45, 2.75) is 13.0 Å². The lowest BCUT2D eigenvalue weighted by Gasteiger charge is -2.16. The zero-order chi connectivity index (χ0) is 11.3. The predicted molar refractivity (Wildman–Crippen MR) is 63.4 cm³/mol. The normalized spacial score (nSPS) is 12.0. The summed E-state index contributed by atoms with van der Waals surface area (Å²) in [5, 5.41) is 0.771. The van der Waals surface area contributed by atoms with E-state index in [0.717, 1.165) is 5.33 Å². The van der Waals surface area contributed by atoms with Gasteiger partial charge in [-0.3, -0.25) is 0 Å². The summed E-state index contributed by atoms with van der Waals surface area (Å²) >= 11 is 3.36. The van der Waals surface area contributed by atoms with Gasteiger partial charge in [-0.05, 0) is 19.1 Å². The summed E-state index contributed by atoms with van der Waals surface area (Å²) in [5.41, 5.74) is 0. The van der Waals surface area contributed by atoms with Crippen LogP contribution in [0.15, 0.2) is 18.2 Å². The molecule has 0 aromatic heterocycles. The molecule has 1 unspecified atom stereocenters. The van der Waals surface area contributed by atoms with E-state index in [9.17, 15) is 0 Å². The van der Waals surface area contributed by atoms with Gasteiger partial charge in [0.05, 0.1) is 14.2 Å². The van der Waals surface area contributed by atoms with Crippen LogP contribution in [0.3, 0.4) is 0 Å². The fourth-order valence-corrected chi connectivity index (χ4v) is 1.33. The first-order chi connectivity index (χ1) is 7.22. The molecule has 0 radical (unpaired) electrons. The van der Waals surface area contributed by atoms with Gasteiger partial charge >= 0.3 is 0 Å².